The second-order valence-electron chi connectivity index (χ2n) is 3.78. The molecule has 5 nitrogen and oxygen atoms in total. The fourth-order valence-electron chi connectivity index (χ4n) is 1.43. The SMILES string of the molecule is COCCOCCCOc1cc(OC)ccc1C#N. The van der Waals surface area contributed by atoms with Gasteiger partial charge in [0, 0.05) is 26.2 Å². The minimum absolute atomic E-state index is 0.495. The van der Waals surface area contributed by atoms with Crippen molar-refractivity contribution in [2.45, 2.75) is 6.42 Å². The molecule has 0 aliphatic carbocycles. The standard InChI is InChI=1S/C14H19NO4/c1-16-8-9-18-6-3-7-19-14-10-13(17-2)5-4-12(14)11-15/h4-5,10H,3,6-9H2,1-2H3. The lowest BCUT2D eigenvalue weighted by molar-refractivity contribution is 0.0644. The van der Waals surface area contributed by atoms with E-state index in [4.69, 9.17) is 24.2 Å². The summed E-state index contributed by atoms with van der Waals surface area (Å²) in [5.74, 6) is 1.21. The predicted molar refractivity (Wildman–Crippen MR) is 70.5 cm³/mol. The molecule has 0 N–H and O–H groups in total. The zero-order valence-corrected chi connectivity index (χ0v) is 11.3. The van der Waals surface area contributed by atoms with Crippen molar-refractivity contribution in [1.82, 2.24) is 0 Å². The van der Waals surface area contributed by atoms with Gasteiger partial charge in [-0.1, -0.05) is 0 Å². The molecule has 1 aromatic rings. The number of hydrogen-bond acceptors (Lipinski definition) is 5. The van der Waals surface area contributed by atoms with Gasteiger partial charge in [-0.2, -0.15) is 5.26 Å². The summed E-state index contributed by atoms with van der Waals surface area (Å²) in [6.45, 7) is 2.28. The van der Waals surface area contributed by atoms with Crippen molar-refractivity contribution >= 4 is 0 Å². The molecule has 0 fully saturated rings. The molecule has 0 aromatic heterocycles. The van der Waals surface area contributed by atoms with E-state index in [9.17, 15) is 0 Å². The average Bonchev–Trinajstić information content (AvgIpc) is 2.46. The Morgan fingerprint density at radius 2 is 1.95 bits per heavy atom. The molecular formula is C14H19NO4. The van der Waals surface area contributed by atoms with E-state index in [2.05, 4.69) is 6.07 Å². The molecule has 0 aliphatic rings. The Hall–Kier alpha value is -1.77. The van der Waals surface area contributed by atoms with Crippen molar-refractivity contribution in [1.29, 1.82) is 5.26 Å². The van der Waals surface area contributed by atoms with Crippen molar-refractivity contribution in [2.24, 2.45) is 0 Å². The summed E-state index contributed by atoms with van der Waals surface area (Å²) in [6.07, 6.45) is 0.756. The Labute approximate surface area is 113 Å². The zero-order valence-electron chi connectivity index (χ0n) is 11.3. The highest BCUT2D eigenvalue weighted by Gasteiger charge is 2.05. The Morgan fingerprint density at radius 1 is 1.11 bits per heavy atom. The number of benzene rings is 1. The van der Waals surface area contributed by atoms with Crippen molar-refractivity contribution in [3.05, 3.63) is 23.8 Å². The number of nitriles is 1. The molecule has 5 heteroatoms. The lowest BCUT2D eigenvalue weighted by Crippen LogP contribution is -2.07. The molecule has 0 heterocycles. The van der Waals surface area contributed by atoms with Crippen LogP contribution in [0.15, 0.2) is 18.2 Å². The summed E-state index contributed by atoms with van der Waals surface area (Å²) in [6, 6.07) is 7.22. The van der Waals surface area contributed by atoms with Crippen LogP contribution in [0.1, 0.15) is 12.0 Å². The van der Waals surface area contributed by atoms with E-state index in [1.165, 1.54) is 0 Å². The summed E-state index contributed by atoms with van der Waals surface area (Å²) < 4.78 is 20.8. The lowest BCUT2D eigenvalue weighted by Gasteiger charge is -2.09. The van der Waals surface area contributed by atoms with Crippen LogP contribution in [0.25, 0.3) is 0 Å². The molecule has 0 radical (unpaired) electrons. The summed E-state index contributed by atoms with van der Waals surface area (Å²) >= 11 is 0. The molecular weight excluding hydrogens is 246 g/mol. The third-order valence-corrected chi connectivity index (χ3v) is 2.43. The number of hydrogen-bond donors (Lipinski definition) is 0. The van der Waals surface area contributed by atoms with Gasteiger partial charge in [0.1, 0.15) is 17.6 Å². The average molecular weight is 265 g/mol. The monoisotopic (exact) mass is 265 g/mol. The highest BCUT2D eigenvalue weighted by molar-refractivity contribution is 5.47. The molecule has 0 atom stereocenters. The van der Waals surface area contributed by atoms with Crippen LogP contribution in [-0.2, 0) is 9.47 Å². The van der Waals surface area contributed by atoms with Gasteiger partial charge in [-0.3, -0.25) is 0 Å². The number of methoxy groups -OCH3 is 2. The first-order valence-electron chi connectivity index (χ1n) is 6.09. The van der Waals surface area contributed by atoms with Gasteiger partial charge in [-0.05, 0) is 12.1 Å². The van der Waals surface area contributed by atoms with Crippen LogP contribution in [0, 0.1) is 11.3 Å². The molecule has 1 rings (SSSR count). The van der Waals surface area contributed by atoms with Gasteiger partial charge in [0.05, 0.1) is 32.5 Å². The summed E-state index contributed by atoms with van der Waals surface area (Å²) in [4.78, 5) is 0. The Bertz CT molecular complexity index is 414. The van der Waals surface area contributed by atoms with E-state index < -0.39 is 0 Å². The van der Waals surface area contributed by atoms with Gasteiger partial charge in [0.15, 0.2) is 0 Å². The summed E-state index contributed by atoms with van der Waals surface area (Å²) in [7, 11) is 3.22. The fourth-order valence-corrected chi connectivity index (χ4v) is 1.43. The van der Waals surface area contributed by atoms with Gasteiger partial charge in [0.25, 0.3) is 0 Å². The first-order chi connectivity index (χ1) is 9.31. The topological polar surface area (TPSA) is 60.7 Å². The highest BCUT2D eigenvalue weighted by atomic mass is 16.5. The molecule has 0 amide bonds. The maximum absolute atomic E-state index is 8.97. The van der Waals surface area contributed by atoms with Gasteiger partial charge < -0.3 is 18.9 Å². The molecule has 0 saturated heterocycles. The van der Waals surface area contributed by atoms with E-state index in [0.29, 0.717) is 43.5 Å². The van der Waals surface area contributed by atoms with Crippen molar-refractivity contribution in [2.75, 3.05) is 40.6 Å². The molecule has 1 aromatic carbocycles. The van der Waals surface area contributed by atoms with Crippen molar-refractivity contribution in [3.63, 3.8) is 0 Å². The van der Waals surface area contributed by atoms with Crippen molar-refractivity contribution < 1.29 is 18.9 Å². The quantitative estimate of drug-likeness (QED) is 0.639. The van der Waals surface area contributed by atoms with Crippen LogP contribution >= 0.6 is 0 Å². The third kappa shape index (κ3) is 5.60. The van der Waals surface area contributed by atoms with E-state index in [1.807, 2.05) is 0 Å². The smallest absolute Gasteiger partial charge is 0.140 e. The second kappa shape index (κ2) is 9.20. The number of ether oxygens (including phenoxy) is 4. The van der Waals surface area contributed by atoms with E-state index >= 15 is 0 Å². The predicted octanol–water partition coefficient (Wildman–Crippen LogP) is 2.00. The zero-order chi connectivity index (χ0) is 13.9. The molecule has 0 aliphatic heterocycles. The van der Waals surface area contributed by atoms with Crippen LogP contribution in [0.3, 0.4) is 0 Å². The van der Waals surface area contributed by atoms with E-state index in [-0.39, 0.29) is 0 Å². The molecule has 104 valence electrons. The Balaban J connectivity index is 2.34. The van der Waals surface area contributed by atoms with Crippen LogP contribution < -0.4 is 9.47 Å². The normalized spacial score (nSPS) is 9.95. The largest absolute Gasteiger partial charge is 0.497 e. The summed E-state index contributed by atoms with van der Waals surface area (Å²) in [5, 5.41) is 8.97. The van der Waals surface area contributed by atoms with Gasteiger partial charge in [-0.25, -0.2) is 0 Å². The maximum atomic E-state index is 8.97. The molecule has 0 bridgehead atoms. The molecule has 19 heavy (non-hydrogen) atoms. The minimum atomic E-state index is 0.495. The van der Waals surface area contributed by atoms with Gasteiger partial charge >= 0.3 is 0 Å². The fraction of sp³-hybridized carbons (Fsp3) is 0.500. The minimum Gasteiger partial charge on any atom is -0.497 e. The maximum Gasteiger partial charge on any atom is 0.140 e. The number of rotatable bonds is 9. The highest BCUT2D eigenvalue weighted by Crippen LogP contribution is 2.24. The molecule has 0 spiro atoms. The number of nitrogens with zero attached hydrogens (tertiary/aromatic N) is 1. The van der Waals surface area contributed by atoms with E-state index in [1.54, 1.807) is 32.4 Å². The second-order valence-corrected chi connectivity index (χ2v) is 3.78. The lowest BCUT2D eigenvalue weighted by atomic mass is 10.2. The van der Waals surface area contributed by atoms with Crippen LogP contribution in [0.4, 0.5) is 0 Å². The van der Waals surface area contributed by atoms with Gasteiger partial charge in [0.2, 0.25) is 0 Å². The van der Waals surface area contributed by atoms with Crippen molar-refractivity contribution in [3.8, 4) is 17.6 Å². The van der Waals surface area contributed by atoms with Crippen LogP contribution in [0.5, 0.6) is 11.5 Å². The summed E-state index contributed by atoms with van der Waals surface area (Å²) in [5.41, 5.74) is 0.501. The van der Waals surface area contributed by atoms with Gasteiger partial charge in [-0.15, -0.1) is 0 Å². The third-order valence-electron chi connectivity index (χ3n) is 2.43. The Morgan fingerprint density at radius 3 is 2.63 bits per heavy atom. The first kappa shape index (κ1) is 15.3. The van der Waals surface area contributed by atoms with Crippen LogP contribution in [-0.4, -0.2) is 40.6 Å². The first-order valence-corrected chi connectivity index (χ1v) is 6.09. The molecule has 0 saturated carbocycles. The van der Waals surface area contributed by atoms with Crippen LogP contribution in [0.2, 0.25) is 0 Å². The molecule has 0 unspecified atom stereocenters. The van der Waals surface area contributed by atoms with E-state index in [0.717, 1.165) is 6.42 Å². The Kier molecular flexibility index (Phi) is 7.40.